The van der Waals surface area contributed by atoms with Gasteiger partial charge in [-0.25, -0.2) is 14.5 Å². The van der Waals surface area contributed by atoms with E-state index in [1.54, 1.807) is 42.8 Å². The first kappa shape index (κ1) is 41.4. The molecular weight excluding hydrogens is 728 g/mol. The van der Waals surface area contributed by atoms with Gasteiger partial charge in [0, 0.05) is 12.2 Å². The number of fused-ring (bicyclic) bond motifs is 1. The molecule has 5 aromatic rings. The van der Waals surface area contributed by atoms with Crippen LogP contribution in [-0.4, -0.2) is 62.7 Å². The highest BCUT2D eigenvalue weighted by atomic mass is 17.1. The smallest absolute Gasteiger partial charge is 0.330 e. The molecule has 5 rings (SSSR count). The summed E-state index contributed by atoms with van der Waals surface area (Å²) in [5.41, 5.74) is 3.19. The van der Waals surface area contributed by atoms with Crippen molar-refractivity contribution in [3.05, 3.63) is 151 Å². The van der Waals surface area contributed by atoms with Crippen molar-refractivity contribution in [3.63, 3.8) is 0 Å². The highest BCUT2D eigenvalue weighted by Gasteiger charge is 2.16. The number of nitrogens with zero attached hydrogens (tertiary/aromatic N) is 2. The molecule has 1 atom stereocenters. The summed E-state index contributed by atoms with van der Waals surface area (Å²) in [6, 6.07) is 31.7. The molecule has 0 saturated heterocycles. The first-order valence-electron chi connectivity index (χ1n) is 18.3. The molecule has 0 amide bonds. The van der Waals surface area contributed by atoms with Gasteiger partial charge in [-0.2, -0.15) is 10.2 Å². The lowest BCUT2D eigenvalue weighted by molar-refractivity contribution is -0.270. The Hall–Kier alpha value is -6.76. The Kier molecular flexibility index (Phi) is 15.9. The number of esters is 2. The number of unbranched alkanes of at least 4 members (excludes halogenated alkanes) is 1. The maximum Gasteiger partial charge on any atom is 0.330 e. The Bertz CT molecular complexity index is 2160. The van der Waals surface area contributed by atoms with Crippen molar-refractivity contribution in [2.75, 3.05) is 33.0 Å². The van der Waals surface area contributed by atoms with Crippen LogP contribution in [0.15, 0.2) is 139 Å². The highest BCUT2D eigenvalue weighted by molar-refractivity contribution is 5.91. The predicted octanol–water partition coefficient (Wildman–Crippen LogP) is 9.06. The van der Waals surface area contributed by atoms with Crippen LogP contribution in [-0.2, 0) is 24.0 Å². The zero-order valence-electron chi connectivity index (χ0n) is 31.6. The number of ether oxygens (including phenoxy) is 6. The molecule has 0 saturated carbocycles. The van der Waals surface area contributed by atoms with E-state index >= 15 is 0 Å². The van der Waals surface area contributed by atoms with E-state index in [1.165, 1.54) is 0 Å². The Morgan fingerprint density at radius 1 is 0.614 bits per heavy atom. The van der Waals surface area contributed by atoms with Crippen LogP contribution in [0.3, 0.4) is 0 Å². The van der Waals surface area contributed by atoms with Gasteiger partial charge >= 0.3 is 11.9 Å². The van der Waals surface area contributed by atoms with E-state index in [4.69, 9.17) is 33.3 Å². The standard InChI is InChI=1S/C45H44N2O10/c1-4-43(48)54-24-8-7-23-52-38-16-14-34(15-17-38)45(57-50)37-13-12-35-27-32(9-11-36(35)29-37)30-46-47-31-33-10-22-41(42(28-33)51-6-3)56-40-20-18-39(19-21-40)53-25-26-55-44(49)5-2/h4-5,9-22,27-31,45,50H,1-2,6-8,23-26H2,3H3/b46-30-,47-31-. The van der Waals surface area contributed by atoms with Gasteiger partial charge < -0.3 is 28.4 Å². The van der Waals surface area contributed by atoms with Gasteiger partial charge in [0.05, 0.1) is 32.2 Å². The predicted molar refractivity (Wildman–Crippen MR) is 218 cm³/mol. The van der Waals surface area contributed by atoms with Gasteiger partial charge in [0.15, 0.2) is 11.5 Å². The summed E-state index contributed by atoms with van der Waals surface area (Å²) in [5, 5.41) is 20.3. The van der Waals surface area contributed by atoms with Gasteiger partial charge in [-0.3, -0.25) is 5.26 Å². The molecule has 0 aliphatic rings. The van der Waals surface area contributed by atoms with Crippen molar-refractivity contribution >= 4 is 35.1 Å². The number of hydrogen-bond acceptors (Lipinski definition) is 12. The van der Waals surface area contributed by atoms with Crippen molar-refractivity contribution in [3.8, 4) is 28.7 Å². The molecule has 12 nitrogen and oxygen atoms in total. The van der Waals surface area contributed by atoms with Crippen LogP contribution >= 0.6 is 0 Å². The molecule has 57 heavy (non-hydrogen) atoms. The van der Waals surface area contributed by atoms with Crippen molar-refractivity contribution in [2.24, 2.45) is 10.2 Å². The minimum Gasteiger partial charge on any atom is -0.494 e. The molecule has 0 bridgehead atoms. The van der Waals surface area contributed by atoms with E-state index in [9.17, 15) is 14.8 Å². The lowest BCUT2D eigenvalue weighted by Crippen LogP contribution is -2.10. The van der Waals surface area contributed by atoms with Gasteiger partial charge in [-0.1, -0.05) is 49.6 Å². The van der Waals surface area contributed by atoms with Gasteiger partial charge in [-0.15, -0.1) is 0 Å². The molecule has 0 aromatic heterocycles. The number of hydrogen-bond donors (Lipinski definition) is 1. The van der Waals surface area contributed by atoms with Crippen LogP contribution in [0.1, 0.15) is 48.1 Å². The third-order valence-corrected chi connectivity index (χ3v) is 8.26. The Balaban J connectivity index is 1.14. The molecule has 0 spiro atoms. The molecule has 0 heterocycles. The quantitative estimate of drug-likeness (QED) is 0.0181. The summed E-state index contributed by atoms with van der Waals surface area (Å²) in [6.45, 7) is 10.2. The van der Waals surface area contributed by atoms with E-state index < -0.39 is 18.0 Å². The van der Waals surface area contributed by atoms with Crippen LogP contribution in [0.2, 0.25) is 0 Å². The van der Waals surface area contributed by atoms with E-state index in [0.29, 0.717) is 55.0 Å². The fourth-order valence-corrected chi connectivity index (χ4v) is 5.45. The van der Waals surface area contributed by atoms with Crippen molar-refractivity contribution in [1.29, 1.82) is 0 Å². The van der Waals surface area contributed by atoms with Crippen LogP contribution < -0.4 is 18.9 Å². The molecule has 12 heteroatoms. The fourth-order valence-electron chi connectivity index (χ4n) is 5.45. The summed E-state index contributed by atoms with van der Waals surface area (Å²) in [4.78, 5) is 27.2. The molecule has 0 aliphatic heterocycles. The van der Waals surface area contributed by atoms with Gasteiger partial charge in [0.1, 0.15) is 36.6 Å². The van der Waals surface area contributed by atoms with Crippen LogP contribution in [0.25, 0.3) is 10.8 Å². The van der Waals surface area contributed by atoms with Crippen molar-refractivity contribution < 1.29 is 48.2 Å². The zero-order valence-corrected chi connectivity index (χ0v) is 31.6. The lowest BCUT2D eigenvalue weighted by atomic mass is 9.97. The Morgan fingerprint density at radius 2 is 1.18 bits per heavy atom. The second-order valence-corrected chi connectivity index (χ2v) is 12.3. The first-order chi connectivity index (χ1) is 27.9. The SMILES string of the molecule is C=CC(=O)OCCCCOc1ccc(C(OO)c2ccc3cc(/C=N\N=C/c4ccc(Oc5ccc(OCCOC(=O)C=C)cc5)c(OCC)c4)ccc3c2)cc1. The molecule has 0 aliphatic carbocycles. The second-order valence-electron chi connectivity index (χ2n) is 12.3. The van der Waals surface area contributed by atoms with Gasteiger partial charge in [0.25, 0.3) is 0 Å². The lowest BCUT2D eigenvalue weighted by Gasteiger charge is -2.16. The maximum atomic E-state index is 11.1. The first-order valence-corrected chi connectivity index (χ1v) is 18.3. The van der Waals surface area contributed by atoms with Gasteiger partial charge in [0.2, 0.25) is 0 Å². The maximum absolute atomic E-state index is 11.1. The van der Waals surface area contributed by atoms with Gasteiger partial charge in [-0.05, 0) is 120 Å². The molecule has 1 unspecified atom stereocenters. The average molecular weight is 773 g/mol. The third kappa shape index (κ3) is 12.9. The minimum atomic E-state index is -0.691. The number of carbonyl (C=O) groups excluding carboxylic acids is 2. The summed E-state index contributed by atoms with van der Waals surface area (Å²) in [5.74, 6) is 2.05. The molecule has 1 N–H and O–H groups in total. The molecule has 0 radical (unpaired) electrons. The van der Waals surface area contributed by atoms with E-state index in [1.807, 2.05) is 79.7 Å². The van der Waals surface area contributed by atoms with E-state index in [0.717, 1.165) is 51.6 Å². The highest BCUT2D eigenvalue weighted by Crippen LogP contribution is 2.33. The number of rotatable bonds is 22. The van der Waals surface area contributed by atoms with Crippen LogP contribution in [0, 0.1) is 0 Å². The zero-order chi connectivity index (χ0) is 40.2. The molecule has 5 aromatic carbocycles. The Labute approximate surface area is 331 Å². The minimum absolute atomic E-state index is 0.120. The number of carbonyl (C=O) groups is 2. The second kappa shape index (κ2) is 22.0. The average Bonchev–Trinajstić information content (AvgIpc) is 3.24. The number of benzene rings is 5. The Morgan fingerprint density at radius 3 is 1.86 bits per heavy atom. The van der Waals surface area contributed by atoms with Crippen LogP contribution in [0.4, 0.5) is 0 Å². The monoisotopic (exact) mass is 772 g/mol. The molecular formula is C45H44N2O10. The summed E-state index contributed by atoms with van der Waals surface area (Å²) >= 11 is 0. The summed E-state index contributed by atoms with van der Waals surface area (Å²) < 4.78 is 33.2. The largest absolute Gasteiger partial charge is 0.494 e. The van der Waals surface area contributed by atoms with E-state index in [2.05, 4.69) is 23.4 Å². The van der Waals surface area contributed by atoms with Crippen molar-refractivity contribution in [1.82, 2.24) is 0 Å². The third-order valence-electron chi connectivity index (χ3n) is 8.26. The molecule has 294 valence electrons. The fraction of sp³-hybridized carbons (Fsp3) is 0.200. The summed E-state index contributed by atoms with van der Waals surface area (Å²) in [6.07, 6.45) is 6.27. The van der Waals surface area contributed by atoms with Crippen molar-refractivity contribution in [2.45, 2.75) is 25.9 Å². The topological polar surface area (TPSA) is 144 Å². The summed E-state index contributed by atoms with van der Waals surface area (Å²) in [7, 11) is 0. The normalized spacial score (nSPS) is 11.6. The van der Waals surface area contributed by atoms with Crippen LogP contribution in [0.5, 0.6) is 28.7 Å². The molecule has 0 fully saturated rings. The van der Waals surface area contributed by atoms with E-state index in [-0.39, 0.29) is 13.2 Å².